The third kappa shape index (κ3) is 4.10. The molecule has 2 rings (SSSR count). The molecule has 122 valence electrons. The Hall–Kier alpha value is -2.34. The Balaban J connectivity index is 2.25. The van der Waals surface area contributed by atoms with E-state index in [-0.39, 0.29) is 24.3 Å². The van der Waals surface area contributed by atoms with Crippen LogP contribution in [0.5, 0.6) is 0 Å². The predicted molar refractivity (Wildman–Crippen MR) is 87.2 cm³/mol. The Bertz CT molecular complexity index is 727. The van der Waals surface area contributed by atoms with E-state index in [0.717, 1.165) is 0 Å². The van der Waals surface area contributed by atoms with Crippen molar-refractivity contribution in [2.45, 2.75) is 19.4 Å². The van der Waals surface area contributed by atoms with Gasteiger partial charge < -0.3 is 10.1 Å². The summed E-state index contributed by atoms with van der Waals surface area (Å²) < 4.78 is 6.15. The van der Waals surface area contributed by atoms with E-state index in [1.165, 1.54) is 7.11 Å². The van der Waals surface area contributed by atoms with Crippen LogP contribution in [0.1, 0.15) is 23.7 Å². The van der Waals surface area contributed by atoms with Crippen molar-refractivity contribution in [2.75, 3.05) is 7.11 Å². The molecule has 0 radical (unpaired) electrons. The van der Waals surface area contributed by atoms with Gasteiger partial charge in [0.2, 0.25) is 0 Å². The number of aromatic nitrogens is 2. The van der Waals surface area contributed by atoms with Gasteiger partial charge in [-0.2, -0.15) is 5.10 Å². The van der Waals surface area contributed by atoms with Crippen molar-refractivity contribution in [1.82, 2.24) is 15.1 Å². The number of ether oxygens (including phenoxy) is 1. The van der Waals surface area contributed by atoms with E-state index in [4.69, 9.17) is 11.6 Å². The van der Waals surface area contributed by atoms with Gasteiger partial charge in [0.25, 0.3) is 5.91 Å². The van der Waals surface area contributed by atoms with E-state index in [1.807, 2.05) is 12.1 Å². The molecule has 0 saturated heterocycles. The summed E-state index contributed by atoms with van der Waals surface area (Å²) in [5, 5.41) is 7.61. The van der Waals surface area contributed by atoms with Gasteiger partial charge in [0.05, 0.1) is 24.1 Å². The standard InChI is InChI=1S/C16H18ClN3O3/c1-10(8-14(21)23-3)18-16(22)12-9-20(2)19-15(12)11-6-4-5-7-13(11)17/h4-7,9-10H,8H2,1-3H3,(H,18,22). The Morgan fingerprint density at radius 1 is 1.39 bits per heavy atom. The second-order valence-corrected chi connectivity index (χ2v) is 5.61. The molecule has 6 nitrogen and oxygen atoms in total. The van der Waals surface area contributed by atoms with Gasteiger partial charge in [-0.15, -0.1) is 0 Å². The first kappa shape index (κ1) is 17.0. The van der Waals surface area contributed by atoms with E-state index >= 15 is 0 Å². The van der Waals surface area contributed by atoms with Gasteiger partial charge in [0, 0.05) is 24.8 Å². The average Bonchev–Trinajstić information content (AvgIpc) is 2.89. The van der Waals surface area contributed by atoms with Crippen LogP contribution in [0.2, 0.25) is 5.02 Å². The van der Waals surface area contributed by atoms with Crippen LogP contribution in [0.4, 0.5) is 0 Å². The molecule has 7 heteroatoms. The summed E-state index contributed by atoms with van der Waals surface area (Å²) in [4.78, 5) is 23.8. The zero-order chi connectivity index (χ0) is 17.0. The number of amides is 1. The molecule has 0 aliphatic heterocycles. The zero-order valence-corrected chi connectivity index (χ0v) is 13.9. The summed E-state index contributed by atoms with van der Waals surface area (Å²) in [6, 6.07) is 6.84. The average molecular weight is 336 g/mol. The highest BCUT2D eigenvalue weighted by Crippen LogP contribution is 2.28. The number of methoxy groups -OCH3 is 1. The number of halogens is 1. The number of benzene rings is 1. The summed E-state index contributed by atoms with van der Waals surface area (Å²) in [5.41, 5.74) is 1.58. The smallest absolute Gasteiger partial charge is 0.307 e. The van der Waals surface area contributed by atoms with Crippen LogP contribution in [-0.2, 0) is 16.6 Å². The number of rotatable bonds is 5. The van der Waals surface area contributed by atoms with Crippen molar-refractivity contribution in [3.63, 3.8) is 0 Å². The minimum Gasteiger partial charge on any atom is -0.469 e. The van der Waals surface area contributed by atoms with E-state index < -0.39 is 0 Å². The number of esters is 1. The first-order valence-electron chi connectivity index (χ1n) is 7.08. The van der Waals surface area contributed by atoms with Crippen molar-refractivity contribution in [3.05, 3.63) is 41.0 Å². The first-order chi connectivity index (χ1) is 10.9. The molecule has 1 unspecified atom stereocenters. The van der Waals surface area contributed by atoms with Gasteiger partial charge in [-0.05, 0) is 13.0 Å². The molecule has 1 aromatic heterocycles. The lowest BCUT2D eigenvalue weighted by Crippen LogP contribution is -2.34. The molecule has 23 heavy (non-hydrogen) atoms. The number of hydrogen-bond acceptors (Lipinski definition) is 4. The fourth-order valence-electron chi connectivity index (χ4n) is 2.19. The normalized spacial score (nSPS) is 11.8. The molecule has 0 fully saturated rings. The lowest BCUT2D eigenvalue weighted by Gasteiger charge is -2.12. The number of nitrogens with zero attached hydrogens (tertiary/aromatic N) is 2. The highest BCUT2D eigenvalue weighted by Gasteiger charge is 2.21. The summed E-state index contributed by atoms with van der Waals surface area (Å²) in [6.45, 7) is 1.74. The zero-order valence-electron chi connectivity index (χ0n) is 13.2. The Morgan fingerprint density at radius 2 is 2.09 bits per heavy atom. The van der Waals surface area contributed by atoms with Crippen LogP contribution in [-0.4, -0.2) is 34.8 Å². The minimum absolute atomic E-state index is 0.101. The minimum atomic E-state index is -0.379. The second kappa shape index (κ2) is 7.28. The Morgan fingerprint density at radius 3 is 2.74 bits per heavy atom. The molecule has 0 bridgehead atoms. The van der Waals surface area contributed by atoms with Crippen LogP contribution < -0.4 is 5.32 Å². The number of nitrogens with one attached hydrogen (secondary N) is 1. The molecule has 0 aliphatic rings. The number of carbonyl (C=O) groups is 2. The molecule has 0 aliphatic carbocycles. The van der Waals surface area contributed by atoms with Gasteiger partial charge in [0.1, 0.15) is 5.69 Å². The highest BCUT2D eigenvalue weighted by molar-refractivity contribution is 6.33. The van der Waals surface area contributed by atoms with Crippen LogP contribution >= 0.6 is 11.6 Å². The van der Waals surface area contributed by atoms with Crippen molar-refractivity contribution < 1.29 is 14.3 Å². The summed E-state index contributed by atoms with van der Waals surface area (Å²) in [7, 11) is 3.04. The van der Waals surface area contributed by atoms with Gasteiger partial charge in [0.15, 0.2) is 0 Å². The van der Waals surface area contributed by atoms with Crippen LogP contribution in [0.15, 0.2) is 30.5 Å². The van der Waals surface area contributed by atoms with Crippen molar-refractivity contribution in [1.29, 1.82) is 0 Å². The van der Waals surface area contributed by atoms with E-state index in [9.17, 15) is 9.59 Å². The third-order valence-corrected chi connectivity index (χ3v) is 3.61. The predicted octanol–water partition coefficient (Wildman–Crippen LogP) is 2.42. The highest BCUT2D eigenvalue weighted by atomic mass is 35.5. The maximum atomic E-state index is 12.5. The van der Waals surface area contributed by atoms with E-state index in [1.54, 1.807) is 37.0 Å². The Labute approximate surface area is 139 Å². The molecular formula is C16H18ClN3O3. The maximum absolute atomic E-state index is 12.5. The van der Waals surface area contributed by atoms with Crippen LogP contribution in [0.25, 0.3) is 11.3 Å². The lowest BCUT2D eigenvalue weighted by atomic mass is 10.1. The van der Waals surface area contributed by atoms with E-state index in [2.05, 4.69) is 15.2 Å². The topological polar surface area (TPSA) is 73.2 Å². The van der Waals surface area contributed by atoms with E-state index in [0.29, 0.717) is 21.8 Å². The lowest BCUT2D eigenvalue weighted by molar-refractivity contribution is -0.141. The quantitative estimate of drug-likeness (QED) is 0.852. The molecule has 2 aromatic rings. The van der Waals surface area contributed by atoms with Crippen molar-refractivity contribution >= 4 is 23.5 Å². The first-order valence-corrected chi connectivity index (χ1v) is 7.46. The summed E-state index contributed by atoms with van der Waals surface area (Å²) in [6.07, 6.45) is 1.72. The van der Waals surface area contributed by atoms with Gasteiger partial charge in [-0.1, -0.05) is 29.8 Å². The molecule has 0 saturated carbocycles. The molecule has 1 N–H and O–H groups in total. The second-order valence-electron chi connectivity index (χ2n) is 5.20. The third-order valence-electron chi connectivity index (χ3n) is 3.28. The Kier molecular flexibility index (Phi) is 5.39. The number of aryl methyl sites for hydroxylation is 1. The molecule has 1 atom stereocenters. The summed E-state index contributed by atoms with van der Waals surface area (Å²) >= 11 is 6.20. The van der Waals surface area contributed by atoms with Crippen LogP contribution in [0, 0.1) is 0 Å². The molecular weight excluding hydrogens is 318 g/mol. The van der Waals surface area contributed by atoms with Crippen LogP contribution in [0.3, 0.4) is 0 Å². The number of hydrogen-bond donors (Lipinski definition) is 1. The van der Waals surface area contributed by atoms with Gasteiger partial charge in [-0.3, -0.25) is 14.3 Å². The largest absolute Gasteiger partial charge is 0.469 e. The van der Waals surface area contributed by atoms with Crippen molar-refractivity contribution in [2.24, 2.45) is 7.05 Å². The maximum Gasteiger partial charge on any atom is 0.307 e. The fraction of sp³-hybridized carbons (Fsp3) is 0.312. The fourth-order valence-corrected chi connectivity index (χ4v) is 2.42. The SMILES string of the molecule is COC(=O)CC(C)NC(=O)c1cn(C)nc1-c1ccccc1Cl. The number of carbonyl (C=O) groups excluding carboxylic acids is 2. The van der Waals surface area contributed by atoms with Crippen molar-refractivity contribution in [3.8, 4) is 11.3 Å². The monoisotopic (exact) mass is 335 g/mol. The van der Waals surface area contributed by atoms with Gasteiger partial charge >= 0.3 is 5.97 Å². The molecule has 1 heterocycles. The molecule has 1 amide bonds. The summed E-state index contributed by atoms with van der Waals surface area (Å²) in [5.74, 6) is -0.695. The van der Waals surface area contributed by atoms with Gasteiger partial charge in [-0.25, -0.2) is 0 Å². The molecule has 0 spiro atoms. The molecule has 1 aromatic carbocycles.